The number of hydrogen-bond acceptors (Lipinski definition) is 3. The van der Waals surface area contributed by atoms with Crippen LogP contribution in [0.15, 0.2) is 12.7 Å². The SMILES string of the molecule is C=CC(=O)NC(CC)[N+](C)(C)C.O=S(=O)(O)C(F)(F)F. The van der Waals surface area contributed by atoms with Crippen LogP contribution in [-0.4, -0.2) is 56.2 Å². The zero-order valence-corrected chi connectivity index (χ0v) is 12.5. The van der Waals surface area contributed by atoms with Crippen molar-refractivity contribution in [2.45, 2.75) is 25.0 Å². The molecule has 0 aromatic heterocycles. The first kappa shape index (κ1) is 21.2. The topological polar surface area (TPSA) is 83.5 Å². The van der Waals surface area contributed by atoms with E-state index in [4.69, 9.17) is 13.0 Å². The van der Waals surface area contributed by atoms with E-state index in [0.29, 0.717) is 0 Å². The van der Waals surface area contributed by atoms with Gasteiger partial charge in [-0.3, -0.25) is 9.35 Å². The lowest BCUT2D eigenvalue weighted by Gasteiger charge is -2.33. The molecule has 0 heterocycles. The monoisotopic (exact) mass is 321 g/mol. The van der Waals surface area contributed by atoms with E-state index in [2.05, 4.69) is 40.0 Å². The van der Waals surface area contributed by atoms with Crippen LogP contribution in [0.5, 0.6) is 0 Å². The normalized spacial score (nSPS) is 13.8. The van der Waals surface area contributed by atoms with Crippen molar-refractivity contribution in [2.24, 2.45) is 0 Å². The number of carbonyl (C=O) groups excluding carboxylic acids is 1. The third kappa shape index (κ3) is 8.88. The Bertz CT molecular complexity index is 427. The van der Waals surface area contributed by atoms with Crippen molar-refractivity contribution in [3.05, 3.63) is 12.7 Å². The third-order valence-corrected chi connectivity index (χ3v) is 2.69. The van der Waals surface area contributed by atoms with Crippen molar-refractivity contribution < 1.29 is 35.4 Å². The van der Waals surface area contributed by atoms with Crippen LogP contribution in [0.25, 0.3) is 0 Å². The molecule has 0 aliphatic rings. The molecular weight excluding hydrogens is 301 g/mol. The summed E-state index contributed by atoms with van der Waals surface area (Å²) >= 11 is 0. The second-order valence-corrected chi connectivity index (χ2v) is 6.09. The summed E-state index contributed by atoms with van der Waals surface area (Å²) in [5, 5.41) is 2.87. The molecule has 0 saturated heterocycles. The van der Waals surface area contributed by atoms with Gasteiger partial charge in [-0.2, -0.15) is 21.6 Å². The molecule has 10 heteroatoms. The van der Waals surface area contributed by atoms with Crippen molar-refractivity contribution in [1.29, 1.82) is 0 Å². The maximum absolute atomic E-state index is 11.0. The van der Waals surface area contributed by atoms with Gasteiger partial charge in [0.15, 0.2) is 6.17 Å². The Morgan fingerprint density at radius 3 is 1.90 bits per heavy atom. The summed E-state index contributed by atoms with van der Waals surface area (Å²) in [5.74, 6) is -0.102. The maximum atomic E-state index is 11.0. The molecule has 0 aliphatic heterocycles. The van der Waals surface area contributed by atoms with Gasteiger partial charge in [-0.25, -0.2) is 0 Å². The van der Waals surface area contributed by atoms with Gasteiger partial charge in [0.2, 0.25) is 5.91 Å². The minimum Gasteiger partial charge on any atom is -0.311 e. The van der Waals surface area contributed by atoms with Crippen molar-refractivity contribution >= 4 is 16.0 Å². The maximum Gasteiger partial charge on any atom is 0.522 e. The van der Waals surface area contributed by atoms with Gasteiger partial charge in [0.1, 0.15) is 0 Å². The lowest BCUT2D eigenvalue weighted by atomic mass is 10.3. The molecule has 0 saturated carbocycles. The van der Waals surface area contributed by atoms with Gasteiger partial charge in [0, 0.05) is 6.42 Å². The molecule has 0 aromatic rings. The molecule has 0 aromatic carbocycles. The Morgan fingerprint density at radius 1 is 1.40 bits per heavy atom. The Kier molecular flexibility index (Phi) is 8.04. The number of nitrogens with one attached hydrogen (secondary N) is 1. The summed E-state index contributed by atoms with van der Waals surface area (Å²) in [6.07, 6.45) is 2.39. The predicted molar refractivity (Wildman–Crippen MR) is 68.1 cm³/mol. The number of quaternary nitrogens is 1. The Morgan fingerprint density at radius 2 is 1.75 bits per heavy atom. The minimum absolute atomic E-state index is 0.102. The first-order chi connectivity index (χ1) is 8.66. The molecule has 0 fully saturated rings. The summed E-state index contributed by atoms with van der Waals surface area (Å²) in [4.78, 5) is 11.0. The van der Waals surface area contributed by atoms with E-state index in [1.165, 1.54) is 6.08 Å². The smallest absolute Gasteiger partial charge is 0.311 e. The van der Waals surface area contributed by atoms with E-state index in [1.807, 2.05) is 0 Å². The lowest BCUT2D eigenvalue weighted by Crippen LogP contribution is -2.54. The fraction of sp³-hybridized carbons (Fsp3) is 0.700. The summed E-state index contributed by atoms with van der Waals surface area (Å²) < 4.78 is 58.3. The Labute approximate surface area is 116 Å². The summed E-state index contributed by atoms with van der Waals surface area (Å²) in [6.45, 7) is 5.46. The highest BCUT2D eigenvalue weighted by atomic mass is 32.2. The first-order valence-electron chi connectivity index (χ1n) is 5.44. The molecule has 6 nitrogen and oxygen atoms in total. The average Bonchev–Trinajstić information content (AvgIpc) is 2.21. The fourth-order valence-electron chi connectivity index (χ4n) is 1.07. The highest BCUT2D eigenvalue weighted by Crippen LogP contribution is 2.20. The van der Waals surface area contributed by atoms with E-state index in [1.54, 1.807) is 0 Å². The first-order valence-corrected chi connectivity index (χ1v) is 6.88. The number of hydrogen-bond donors (Lipinski definition) is 2. The third-order valence-electron chi connectivity index (χ3n) is 2.11. The molecule has 2 N–H and O–H groups in total. The highest BCUT2D eigenvalue weighted by molar-refractivity contribution is 7.86. The van der Waals surface area contributed by atoms with Crippen LogP contribution in [0.4, 0.5) is 13.2 Å². The Hall–Kier alpha value is -1.13. The fourth-order valence-corrected chi connectivity index (χ4v) is 1.07. The number of halogens is 3. The quantitative estimate of drug-likeness (QED) is 0.267. The van der Waals surface area contributed by atoms with E-state index in [0.717, 1.165) is 10.9 Å². The minimum atomic E-state index is -5.84. The number of alkyl halides is 3. The number of rotatable bonds is 4. The van der Waals surface area contributed by atoms with Crippen LogP contribution in [-0.2, 0) is 14.9 Å². The number of nitrogens with zero attached hydrogens (tertiary/aromatic N) is 1. The van der Waals surface area contributed by atoms with Crippen LogP contribution in [0, 0.1) is 0 Å². The summed E-state index contributed by atoms with van der Waals surface area (Å²) in [7, 11) is 0.319. The molecule has 0 bridgehead atoms. The van der Waals surface area contributed by atoms with Gasteiger partial charge >= 0.3 is 15.6 Å². The largest absolute Gasteiger partial charge is 0.522 e. The van der Waals surface area contributed by atoms with Crippen molar-refractivity contribution in [2.75, 3.05) is 21.1 Å². The molecule has 0 aliphatic carbocycles. The molecule has 0 rings (SSSR count). The van der Waals surface area contributed by atoms with E-state index < -0.39 is 15.6 Å². The lowest BCUT2D eigenvalue weighted by molar-refractivity contribution is -0.898. The van der Waals surface area contributed by atoms with Gasteiger partial charge < -0.3 is 9.80 Å². The zero-order chi connectivity index (χ0) is 16.8. The summed E-state index contributed by atoms with van der Waals surface area (Å²) in [5.41, 5.74) is -5.53. The predicted octanol–water partition coefficient (Wildman–Crippen LogP) is 1.12. The van der Waals surface area contributed by atoms with E-state index in [9.17, 15) is 18.0 Å². The number of carbonyl (C=O) groups is 1. The molecule has 20 heavy (non-hydrogen) atoms. The van der Waals surface area contributed by atoms with Crippen LogP contribution < -0.4 is 5.32 Å². The van der Waals surface area contributed by atoms with Crippen molar-refractivity contribution in [3.63, 3.8) is 0 Å². The molecule has 120 valence electrons. The van der Waals surface area contributed by atoms with Crippen LogP contribution in [0.2, 0.25) is 0 Å². The van der Waals surface area contributed by atoms with Gasteiger partial charge in [0.05, 0.1) is 21.1 Å². The molecule has 1 amide bonds. The van der Waals surface area contributed by atoms with Crippen LogP contribution in [0.3, 0.4) is 0 Å². The van der Waals surface area contributed by atoms with Gasteiger partial charge in [-0.15, -0.1) is 0 Å². The van der Waals surface area contributed by atoms with Crippen LogP contribution >= 0.6 is 0 Å². The van der Waals surface area contributed by atoms with Gasteiger partial charge in [0.25, 0.3) is 0 Å². The molecule has 1 atom stereocenters. The van der Waals surface area contributed by atoms with E-state index in [-0.39, 0.29) is 12.1 Å². The molecular formula is C10H20F3N2O4S+. The summed E-state index contributed by atoms with van der Waals surface area (Å²) in [6, 6.07) is 0. The standard InChI is InChI=1S/C9H18N2O.CHF3O3S/c1-6-8(11(3,4)5)10-9(12)7-2;2-1(3,4)8(5,6)7/h7-8H,2,6H2,1,3-5H3;(H,5,6,7)/p+1. The van der Waals surface area contributed by atoms with E-state index >= 15 is 0 Å². The molecule has 0 spiro atoms. The second-order valence-electron chi connectivity index (χ2n) is 4.67. The zero-order valence-electron chi connectivity index (χ0n) is 11.7. The van der Waals surface area contributed by atoms with Crippen molar-refractivity contribution in [1.82, 2.24) is 5.32 Å². The van der Waals surface area contributed by atoms with Gasteiger partial charge in [-0.1, -0.05) is 13.5 Å². The average molecular weight is 321 g/mol. The Balaban J connectivity index is 0. The number of amides is 1. The molecule has 1 unspecified atom stereocenters. The highest BCUT2D eigenvalue weighted by Gasteiger charge is 2.44. The van der Waals surface area contributed by atoms with Crippen LogP contribution in [0.1, 0.15) is 13.3 Å². The van der Waals surface area contributed by atoms with Gasteiger partial charge in [-0.05, 0) is 6.08 Å². The molecule has 0 radical (unpaired) electrons. The second kappa shape index (κ2) is 7.60. The van der Waals surface area contributed by atoms with Crippen molar-refractivity contribution in [3.8, 4) is 0 Å².